The average molecular weight is 452 g/mol. The average Bonchev–Trinajstić information content (AvgIpc) is 2.71. The third-order valence-corrected chi connectivity index (χ3v) is 4.69. The number of benzene rings is 2. The van der Waals surface area contributed by atoms with E-state index in [0.717, 1.165) is 16.7 Å². The molecule has 31 heavy (non-hydrogen) atoms. The smallest absolute Gasteiger partial charge is 0.416 e. The molecule has 2 aromatic carbocycles. The van der Waals surface area contributed by atoms with Gasteiger partial charge in [-0.2, -0.15) is 13.2 Å². The summed E-state index contributed by atoms with van der Waals surface area (Å²) < 4.78 is 39.5. The largest absolute Gasteiger partial charge is 0.480 e. The molecule has 162 valence electrons. The molecule has 1 aromatic heterocycles. The molecule has 0 amide bonds. The summed E-state index contributed by atoms with van der Waals surface area (Å²) in [6.07, 6.45) is -4.27. The summed E-state index contributed by atoms with van der Waals surface area (Å²) in [5, 5.41) is 11.9. The first kappa shape index (κ1) is 22.4. The molecule has 2 N–H and O–H groups in total. The van der Waals surface area contributed by atoms with Crippen molar-refractivity contribution in [2.75, 3.05) is 11.9 Å². The van der Waals surface area contributed by atoms with Crippen molar-refractivity contribution < 1.29 is 23.1 Å². The Morgan fingerprint density at radius 2 is 1.84 bits per heavy atom. The lowest BCUT2D eigenvalue weighted by molar-refractivity contribution is -0.138. The second-order valence-electron chi connectivity index (χ2n) is 6.63. The summed E-state index contributed by atoms with van der Waals surface area (Å²) in [7, 11) is 0. The van der Waals surface area contributed by atoms with E-state index >= 15 is 0 Å². The molecule has 6 nitrogen and oxygen atoms in total. The second-order valence-corrected chi connectivity index (χ2v) is 6.98. The number of alkyl halides is 3. The zero-order valence-corrected chi connectivity index (χ0v) is 16.7. The standard InChI is InChI=1S/C21H17ClF3N3O3/c22-18-17(14-6-2-1-3-7-14)28(12-16(29)30)20(31)19(27-18)26-10-9-13-5-4-8-15(11-13)21(23,24)25/h1-8,11H,9-10,12H2,(H,26,27)(H,29,30). The van der Waals surface area contributed by atoms with Crippen LogP contribution in [0.3, 0.4) is 0 Å². The molecule has 0 aliphatic heterocycles. The fourth-order valence-corrected chi connectivity index (χ4v) is 3.34. The van der Waals surface area contributed by atoms with Gasteiger partial charge in [0.05, 0.1) is 11.3 Å². The quantitative estimate of drug-likeness (QED) is 0.559. The topological polar surface area (TPSA) is 84.2 Å². The van der Waals surface area contributed by atoms with E-state index in [1.807, 2.05) is 0 Å². The lowest BCUT2D eigenvalue weighted by atomic mass is 10.1. The zero-order valence-electron chi connectivity index (χ0n) is 16.0. The third-order valence-electron chi connectivity index (χ3n) is 4.42. The van der Waals surface area contributed by atoms with E-state index in [0.29, 0.717) is 11.1 Å². The number of nitrogens with one attached hydrogen (secondary N) is 1. The Kier molecular flexibility index (Phi) is 6.65. The van der Waals surface area contributed by atoms with Gasteiger partial charge in [0.1, 0.15) is 6.54 Å². The number of hydrogen-bond acceptors (Lipinski definition) is 4. The lowest BCUT2D eigenvalue weighted by Gasteiger charge is -2.15. The number of anilines is 1. The van der Waals surface area contributed by atoms with Crippen LogP contribution in [0.15, 0.2) is 59.4 Å². The van der Waals surface area contributed by atoms with Crippen LogP contribution in [0.4, 0.5) is 19.0 Å². The zero-order chi connectivity index (χ0) is 22.6. The summed E-state index contributed by atoms with van der Waals surface area (Å²) in [5.41, 5.74) is -0.357. The van der Waals surface area contributed by atoms with Gasteiger partial charge in [0.25, 0.3) is 5.56 Å². The highest BCUT2D eigenvalue weighted by molar-refractivity contribution is 6.32. The third kappa shape index (κ3) is 5.43. The summed E-state index contributed by atoms with van der Waals surface area (Å²) >= 11 is 6.26. The molecule has 0 radical (unpaired) electrons. The van der Waals surface area contributed by atoms with Gasteiger partial charge in [-0.3, -0.25) is 14.2 Å². The highest BCUT2D eigenvalue weighted by Crippen LogP contribution is 2.30. The highest BCUT2D eigenvalue weighted by atomic mass is 35.5. The molecule has 0 atom stereocenters. The first-order chi connectivity index (χ1) is 14.7. The predicted molar refractivity (Wildman–Crippen MR) is 110 cm³/mol. The molecule has 0 spiro atoms. The van der Waals surface area contributed by atoms with Gasteiger partial charge in [-0.25, -0.2) is 4.98 Å². The maximum atomic E-state index is 12.8. The maximum absolute atomic E-state index is 12.8. The minimum atomic E-state index is -4.45. The van der Waals surface area contributed by atoms with Gasteiger partial charge in [-0.05, 0) is 18.1 Å². The number of hydrogen-bond donors (Lipinski definition) is 2. The second kappa shape index (κ2) is 9.22. The van der Waals surface area contributed by atoms with Crippen LogP contribution in [0.1, 0.15) is 11.1 Å². The summed E-state index contributed by atoms with van der Waals surface area (Å²) in [5.74, 6) is -1.42. The fraction of sp³-hybridized carbons (Fsp3) is 0.190. The Hall–Kier alpha value is -3.33. The van der Waals surface area contributed by atoms with Crippen LogP contribution >= 0.6 is 11.6 Å². The normalized spacial score (nSPS) is 11.4. The Morgan fingerprint density at radius 1 is 1.13 bits per heavy atom. The van der Waals surface area contributed by atoms with Crippen molar-refractivity contribution >= 4 is 23.4 Å². The van der Waals surface area contributed by atoms with Gasteiger partial charge in [0.2, 0.25) is 0 Å². The number of rotatable bonds is 7. The number of nitrogens with zero attached hydrogens (tertiary/aromatic N) is 2. The van der Waals surface area contributed by atoms with E-state index in [1.165, 1.54) is 6.07 Å². The van der Waals surface area contributed by atoms with Crippen LogP contribution in [-0.2, 0) is 23.9 Å². The number of aliphatic carboxylic acids is 1. The SMILES string of the molecule is O=C(O)Cn1c(-c2ccccc2)c(Cl)nc(NCCc2cccc(C(F)(F)F)c2)c1=O. The molecule has 10 heteroatoms. The van der Waals surface area contributed by atoms with Crippen molar-refractivity contribution in [1.29, 1.82) is 0 Å². The molecular weight excluding hydrogens is 435 g/mol. The van der Waals surface area contributed by atoms with Crippen molar-refractivity contribution in [3.05, 3.63) is 81.2 Å². The number of aromatic nitrogens is 2. The molecule has 0 fully saturated rings. The van der Waals surface area contributed by atoms with Crippen LogP contribution in [-0.4, -0.2) is 27.2 Å². The number of carbonyl (C=O) groups is 1. The van der Waals surface area contributed by atoms with Crippen LogP contribution < -0.4 is 10.9 Å². The molecule has 0 bridgehead atoms. The number of halogens is 4. The summed E-state index contributed by atoms with van der Waals surface area (Å²) in [6.45, 7) is -0.536. The monoisotopic (exact) mass is 451 g/mol. The lowest BCUT2D eigenvalue weighted by Crippen LogP contribution is -2.30. The minimum absolute atomic E-state index is 0.0754. The van der Waals surface area contributed by atoms with Crippen molar-refractivity contribution in [1.82, 2.24) is 9.55 Å². The van der Waals surface area contributed by atoms with Gasteiger partial charge in [0, 0.05) is 12.1 Å². The van der Waals surface area contributed by atoms with Gasteiger partial charge in [-0.1, -0.05) is 60.1 Å². The first-order valence-corrected chi connectivity index (χ1v) is 9.52. The Balaban J connectivity index is 1.87. The van der Waals surface area contributed by atoms with E-state index in [4.69, 9.17) is 11.6 Å². The van der Waals surface area contributed by atoms with E-state index in [9.17, 15) is 27.9 Å². The van der Waals surface area contributed by atoms with E-state index in [1.54, 1.807) is 36.4 Å². The van der Waals surface area contributed by atoms with Gasteiger partial charge >= 0.3 is 12.1 Å². The minimum Gasteiger partial charge on any atom is -0.480 e. The molecule has 3 rings (SSSR count). The van der Waals surface area contributed by atoms with Crippen molar-refractivity contribution in [2.45, 2.75) is 19.1 Å². The van der Waals surface area contributed by atoms with Gasteiger partial charge in [0.15, 0.2) is 11.0 Å². The van der Waals surface area contributed by atoms with Gasteiger partial charge < -0.3 is 10.4 Å². The molecule has 0 saturated heterocycles. The van der Waals surface area contributed by atoms with Crippen LogP contribution in [0.5, 0.6) is 0 Å². The molecule has 0 aliphatic rings. The highest BCUT2D eigenvalue weighted by Gasteiger charge is 2.30. The van der Waals surface area contributed by atoms with Crippen LogP contribution in [0.2, 0.25) is 5.15 Å². The number of carboxylic acids is 1. The Labute approximate surface area is 179 Å². The summed E-state index contributed by atoms with van der Waals surface area (Å²) in [6, 6.07) is 13.4. The van der Waals surface area contributed by atoms with E-state index in [-0.39, 0.29) is 29.6 Å². The first-order valence-electron chi connectivity index (χ1n) is 9.14. The van der Waals surface area contributed by atoms with Crippen molar-refractivity contribution in [2.24, 2.45) is 0 Å². The molecule has 0 saturated carbocycles. The van der Waals surface area contributed by atoms with Crippen molar-refractivity contribution in [3.63, 3.8) is 0 Å². The van der Waals surface area contributed by atoms with Crippen LogP contribution in [0, 0.1) is 0 Å². The Bertz CT molecular complexity index is 1150. The molecular formula is C21H17ClF3N3O3. The predicted octanol–water partition coefficient (Wildman–Crippen LogP) is 4.32. The van der Waals surface area contributed by atoms with E-state index in [2.05, 4.69) is 10.3 Å². The molecule has 0 aliphatic carbocycles. The molecule has 0 unspecified atom stereocenters. The molecule has 3 aromatic rings. The molecule has 1 heterocycles. The Morgan fingerprint density at radius 3 is 2.48 bits per heavy atom. The number of carboxylic acid groups (broad SMARTS) is 1. The van der Waals surface area contributed by atoms with Crippen molar-refractivity contribution in [3.8, 4) is 11.3 Å². The van der Waals surface area contributed by atoms with Gasteiger partial charge in [-0.15, -0.1) is 0 Å². The van der Waals surface area contributed by atoms with Crippen LogP contribution in [0.25, 0.3) is 11.3 Å². The van der Waals surface area contributed by atoms with E-state index < -0.39 is 29.8 Å². The summed E-state index contributed by atoms with van der Waals surface area (Å²) in [4.78, 5) is 28.2. The fourth-order valence-electron chi connectivity index (χ4n) is 3.04. The maximum Gasteiger partial charge on any atom is 0.416 e.